The molecule has 1 aromatic heterocycles. The minimum absolute atomic E-state index is 0.0849. The molecule has 0 radical (unpaired) electrons. The van der Waals surface area contributed by atoms with Crippen LogP contribution in [0.1, 0.15) is 11.1 Å². The molecule has 15 heavy (non-hydrogen) atoms. The second-order valence-electron chi connectivity index (χ2n) is 3.32. The summed E-state index contributed by atoms with van der Waals surface area (Å²) in [5.41, 5.74) is 2.13. The standard InChI is InChI=1S/C11H11ClN2O/c12-7-9-3-1-2-4-10(9)8-14-6-5-11(15)13-14/h1-6H,7-8H2,(H,13,15). The number of hydrogen-bond donors (Lipinski definition) is 1. The van der Waals surface area contributed by atoms with Gasteiger partial charge >= 0.3 is 0 Å². The molecule has 1 heterocycles. The van der Waals surface area contributed by atoms with Crippen molar-refractivity contribution >= 4 is 11.6 Å². The van der Waals surface area contributed by atoms with E-state index in [9.17, 15) is 4.79 Å². The number of aromatic amines is 1. The first-order chi connectivity index (χ1) is 7.29. The van der Waals surface area contributed by atoms with E-state index in [4.69, 9.17) is 11.6 Å². The number of alkyl halides is 1. The number of nitrogens with one attached hydrogen (secondary N) is 1. The van der Waals surface area contributed by atoms with Crippen molar-refractivity contribution in [2.45, 2.75) is 12.4 Å². The molecule has 2 aromatic rings. The van der Waals surface area contributed by atoms with E-state index >= 15 is 0 Å². The van der Waals surface area contributed by atoms with Crippen molar-refractivity contribution in [1.82, 2.24) is 9.78 Å². The summed E-state index contributed by atoms with van der Waals surface area (Å²) in [4.78, 5) is 10.9. The lowest BCUT2D eigenvalue weighted by atomic mass is 10.1. The van der Waals surface area contributed by atoms with E-state index in [0.29, 0.717) is 12.4 Å². The molecular weight excluding hydrogens is 212 g/mol. The largest absolute Gasteiger partial charge is 0.288 e. The summed E-state index contributed by atoms with van der Waals surface area (Å²) in [6.45, 7) is 0.644. The summed E-state index contributed by atoms with van der Waals surface area (Å²) < 4.78 is 1.74. The van der Waals surface area contributed by atoms with E-state index in [0.717, 1.165) is 11.1 Å². The quantitative estimate of drug-likeness (QED) is 0.793. The SMILES string of the molecule is O=c1ccn(Cc2ccccc2CCl)[nH]1. The first-order valence-corrected chi connectivity index (χ1v) is 5.21. The highest BCUT2D eigenvalue weighted by molar-refractivity contribution is 6.17. The molecule has 2 rings (SSSR count). The third-order valence-electron chi connectivity index (χ3n) is 2.26. The lowest BCUT2D eigenvalue weighted by Crippen LogP contribution is -2.07. The first kappa shape index (κ1) is 10.1. The predicted molar refractivity (Wildman–Crippen MR) is 60.2 cm³/mol. The van der Waals surface area contributed by atoms with Crippen LogP contribution in [0.3, 0.4) is 0 Å². The molecule has 0 spiro atoms. The van der Waals surface area contributed by atoms with Crippen molar-refractivity contribution in [3.8, 4) is 0 Å². The second kappa shape index (κ2) is 4.36. The Morgan fingerprint density at radius 1 is 1.20 bits per heavy atom. The Bertz CT molecular complexity index is 501. The van der Waals surface area contributed by atoms with Crippen LogP contribution in [-0.2, 0) is 12.4 Å². The maximum absolute atomic E-state index is 10.9. The molecular formula is C11H11ClN2O. The topological polar surface area (TPSA) is 37.8 Å². The van der Waals surface area contributed by atoms with Crippen molar-refractivity contribution in [2.24, 2.45) is 0 Å². The summed E-state index contributed by atoms with van der Waals surface area (Å²) in [5, 5.41) is 2.69. The van der Waals surface area contributed by atoms with Crippen LogP contribution in [0.4, 0.5) is 0 Å². The molecule has 0 atom stereocenters. The van der Waals surface area contributed by atoms with Crippen molar-refractivity contribution in [3.05, 3.63) is 58.0 Å². The van der Waals surface area contributed by atoms with Gasteiger partial charge in [-0.05, 0) is 11.1 Å². The van der Waals surface area contributed by atoms with Crippen LogP contribution < -0.4 is 5.56 Å². The lowest BCUT2D eigenvalue weighted by molar-refractivity contribution is 0.676. The van der Waals surface area contributed by atoms with E-state index in [-0.39, 0.29) is 5.56 Å². The van der Waals surface area contributed by atoms with Gasteiger partial charge in [-0.2, -0.15) is 0 Å². The molecule has 0 saturated carbocycles. The van der Waals surface area contributed by atoms with Crippen molar-refractivity contribution in [3.63, 3.8) is 0 Å². The van der Waals surface area contributed by atoms with Crippen LogP contribution in [0.5, 0.6) is 0 Å². The zero-order chi connectivity index (χ0) is 10.7. The number of nitrogens with zero attached hydrogens (tertiary/aromatic N) is 1. The summed E-state index contributed by atoms with van der Waals surface area (Å²) in [5.74, 6) is 0.488. The van der Waals surface area contributed by atoms with Gasteiger partial charge in [-0.1, -0.05) is 24.3 Å². The molecule has 0 bridgehead atoms. The van der Waals surface area contributed by atoms with Gasteiger partial charge < -0.3 is 0 Å². The van der Waals surface area contributed by atoms with Gasteiger partial charge in [-0.3, -0.25) is 14.6 Å². The second-order valence-corrected chi connectivity index (χ2v) is 3.59. The monoisotopic (exact) mass is 222 g/mol. The van der Waals surface area contributed by atoms with Crippen molar-refractivity contribution < 1.29 is 0 Å². The Morgan fingerprint density at radius 3 is 2.53 bits per heavy atom. The fourth-order valence-corrected chi connectivity index (χ4v) is 1.75. The third kappa shape index (κ3) is 2.30. The van der Waals surface area contributed by atoms with Gasteiger partial charge in [0, 0.05) is 18.1 Å². The molecule has 3 nitrogen and oxygen atoms in total. The number of rotatable bonds is 3. The normalized spacial score (nSPS) is 10.5. The van der Waals surface area contributed by atoms with Crippen LogP contribution in [0, 0.1) is 0 Å². The molecule has 0 amide bonds. The van der Waals surface area contributed by atoms with Gasteiger partial charge in [0.15, 0.2) is 0 Å². The summed E-state index contributed by atoms with van der Waals surface area (Å²) in [6, 6.07) is 9.43. The van der Waals surface area contributed by atoms with Gasteiger partial charge in [-0.15, -0.1) is 11.6 Å². The number of H-pyrrole nitrogens is 1. The molecule has 1 aromatic carbocycles. The van der Waals surface area contributed by atoms with E-state index < -0.39 is 0 Å². The number of hydrogen-bond acceptors (Lipinski definition) is 1. The molecule has 4 heteroatoms. The average molecular weight is 223 g/mol. The summed E-state index contributed by atoms with van der Waals surface area (Å²) in [6.07, 6.45) is 1.73. The molecule has 0 aliphatic heterocycles. The van der Waals surface area contributed by atoms with E-state index in [1.165, 1.54) is 6.07 Å². The number of halogens is 1. The van der Waals surface area contributed by atoms with Crippen LogP contribution in [-0.4, -0.2) is 9.78 Å². The fraction of sp³-hybridized carbons (Fsp3) is 0.182. The van der Waals surface area contributed by atoms with Gasteiger partial charge in [0.1, 0.15) is 0 Å². The average Bonchev–Trinajstić information content (AvgIpc) is 2.65. The Kier molecular flexibility index (Phi) is 2.92. The van der Waals surface area contributed by atoms with Gasteiger partial charge in [-0.25, -0.2) is 0 Å². The minimum Gasteiger partial charge on any atom is -0.288 e. The highest BCUT2D eigenvalue weighted by Crippen LogP contribution is 2.12. The lowest BCUT2D eigenvalue weighted by Gasteiger charge is -2.07. The van der Waals surface area contributed by atoms with Crippen molar-refractivity contribution in [2.75, 3.05) is 0 Å². The van der Waals surface area contributed by atoms with Crippen LogP contribution in [0.15, 0.2) is 41.3 Å². The molecule has 1 N–H and O–H groups in total. The van der Waals surface area contributed by atoms with E-state index in [1.54, 1.807) is 10.9 Å². The Labute approximate surface area is 92.3 Å². The van der Waals surface area contributed by atoms with Gasteiger partial charge in [0.05, 0.1) is 6.54 Å². The fourth-order valence-electron chi connectivity index (χ4n) is 1.49. The molecule has 0 saturated heterocycles. The smallest absolute Gasteiger partial charge is 0.264 e. The zero-order valence-electron chi connectivity index (χ0n) is 8.11. The molecule has 0 fully saturated rings. The molecule has 0 unspecified atom stereocenters. The molecule has 78 valence electrons. The van der Waals surface area contributed by atoms with Crippen LogP contribution in [0.25, 0.3) is 0 Å². The van der Waals surface area contributed by atoms with Gasteiger partial charge in [0.25, 0.3) is 5.56 Å². The van der Waals surface area contributed by atoms with Gasteiger partial charge in [0.2, 0.25) is 0 Å². The molecule has 0 aliphatic rings. The van der Waals surface area contributed by atoms with Crippen LogP contribution >= 0.6 is 11.6 Å². The Morgan fingerprint density at radius 2 is 1.93 bits per heavy atom. The highest BCUT2D eigenvalue weighted by Gasteiger charge is 2.01. The first-order valence-electron chi connectivity index (χ1n) is 4.68. The molecule has 0 aliphatic carbocycles. The minimum atomic E-state index is -0.0849. The highest BCUT2D eigenvalue weighted by atomic mass is 35.5. The van der Waals surface area contributed by atoms with Crippen molar-refractivity contribution in [1.29, 1.82) is 0 Å². The maximum Gasteiger partial charge on any atom is 0.264 e. The number of benzene rings is 1. The Hall–Kier alpha value is -1.48. The zero-order valence-corrected chi connectivity index (χ0v) is 8.87. The summed E-state index contributed by atoms with van der Waals surface area (Å²) in [7, 11) is 0. The predicted octanol–water partition coefficient (Wildman–Crippen LogP) is 1.96. The number of aromatic nitrogens is 2. The Balaban J connectivity index is 2.27. The van der Waals surface area contributed by atoms with Crippen LogP contribution in [0.2, 0.25) is 0 Å². The third-order valence-corrected chi connectivity index (χ3v) is 2.55. The van der Waals surface area contributed by atoms with E-state index in [1.807, 2.05) is 24.3 Å². The summed E-state index contributed by atoms with van der Waals surface area (Å²) >= 11 is 5.82. The van der Waals surface area contributed by atoms with E-state index in [2.05, 4.69) is 5.10 Å². The maximum atomic E-state index is 10.9.